The maximum absolute atomic E-state index is 10.7. The molecule has 10 nitrogen and oxygen atoms in total. The first-order chi connectivity index (χ1) is 13.2. The van der Waals surface area contributed by atoms with Gasteiger partial charge in [0.15, 0.2) is 0 Å². The molecule has 10 heteroatoms. The Morgan fingerprint density at radius 2 is 0.643 bits per heavy atom. The minimum Gasteiger partial charge on any atom is -0.481 e. The summed E-state index contributed by atoms with van der Waals surface area (Å²) < 4.78 is 0. The van der Waals surface area contributed by atoms with Crippen LogP contribution in [0.15, 0.2) is 0 Å². The quantitative estimate of drug-likeness (QED) is 0.245. The molecule has 0 amide bonds. The number of hydrogen-bond donors (Lipinski definition) is 4. The van der Waals surface area contributed by atoms with Crippen LogP contribution in [0.4, 0.5) is 0 Å². The van der Waals surface area contributed by atoms with Crippen LogP contribution in [-0.2, 0) is 19.2 Å². The molecule has 0 unspecified atom stereocenters. The SMILES string of the molecule is O=C(O)CCCN(CCCC(=O)O)CCN(CCCC(=O)O)CCCC(=O)O. The fraction of sp³-hybridized carbons (Fsp3) is 0.778. The van der Waals surface area contributed by atoms with Gasteiger partial charge in [0, 0.05) is 38.8 Å². The Balaban J connectivity index is 4.57. The van der Waals surface area contributed by atoms with E-state index in [1.54, 1.807) is 0 Å². The molecule has 0 spiro atoms. The van der Waals surface area contributed by atoms with E-state index in [0.717, 1.165) is 0 Å². The zero-order valence-corrected chi connectivity index (χ0v) is 16.2. The topological polar surface area (TPSA) is 156 Å². The maximum Gasteiger partial charge on any atom is 0.303 e. The van der Waals surface area contributed by atoms with Crippen LogP contribution in [-0.4, -0.2) is 93.4 Å². The van der Waals surface area contributed by atoms with Crippen LogP contribution < -0.4 is 0 Å². The van der Waals surface area contributed by atoms with Crippen LogP contribution in [0.1, 0.15) is 51.4 Å². The van der Waals surface area contributed by atoms with Crippen molar-refractivity contribution in [3.8, 4) is 0 Å². The highest BCUT2D eigenvalue weighted by atomic mass is 16.4. The lowest BCUT2D eigenvalue weighted by molar-refractivity contribution is -0.138. The largest absolute Gasteiger partial charge is 0.481 e. The van der Waals surface area contributed by atoms with Crippen LogP contribution in [0, 0.1) is 0 Å². The smallest absolute Gasteiger partial charge is 0.303 e. The summed E-state index contributed by atoms with van der Waals surface area (Å²) in [5, 5.41) is 35.1. The van der Waals surface area contributed by atoms with Crippen molar-refractivity contribution in [1.82, 2.24) is 9.80 Å². The molecule has 0 aromatic carbocycles. The van der Waals surface area contributed by atoms with E-state index in [4.69, 9.17) is 20.4 Å². The first-order valence-electron chi connectivity index (χ1n) is 9.52. The third-order valence-corrected chi connectivity index (χ3v) is 4.19. The van der Waals surface area contributed by atoms with E-state index in [0.29, 0.717) is 65.0 Å². The van der Waals surface area contributed by atoms with Crippen LogP contribution in [0.2, 0.25) is 0 Å². The van der Waals surface area contributed by atoms with E-state index < -0.39 is 23.9 Å². The van der Waals surface area contributed by atoms with Gasteiger partial charge in [0.1, 0.15) is 0 Å². The molecule has 0 radical (unpaired) electrons. The summed E-state index contributed by atoms with van der Waals surface area (Å²) in [6.07, 6.45) is 1.99. The van der Waals surface area contributed by atoms with Crippen LogP contribution >= 0.6 is 0 Å². The highest BCUT2D eigenvalue weighted by Gasteiger charge is 2.12. The summed E-state index contributed by atoms with van der Waals surface area (Å²) in [7, 11) is 0. The van der Waals surface area contributed by atoms with E-state index in [-0.39, 0.29) is 25.7 Å². The van der Waals surface area contributed by atoms with Gasteiger partial charge in [0.25, 0.3) is 0 Å². The molecule has 0 aromatic rings. The predicted molar refractivity (Wildman–Crippen MR) is 100 cm³/mol. The van der Waals surface area contributed by atoms with Gasteiger partial charge in [-0.25, -0.2) is 0 Å². The lowest BCUT2D eigenvalue weighted by Crippen LogP contribution is -2.37. The van der Waals surface area contributed by atoms with Crippen molar-refractivity contribution in [1.29, 1.82) is 0 Å². The molecule has 0 atom stereocenters. The monoisotopic (exact) mass is 404 g/mol. The highest BCUT2D eigenvalue weighted by Crippen LogP contribution is 2.04. The van der Waals surface area contributed by atoms with Gasteiger partial charge in [-0.1, -0.05) is 0 Å². The molecule has 0 saturated carbocycles. The highest BCUT2D eigenvalue weighted by molar-refractivity contribution is 5.67. The number of rotatable bonds is 19. The average molecular weight is 404 g/mol. The molecular formula is C18H32N2O8. The summed E-state index contributed by atoms with van der Waals surface area (Å²) in [5.74, 6) is -3.52. The number of carboxylic acids is 4. The Hall–Kier alpha value is -2.20. The molecule has 0 aliphatic rings. The van der Waals surface area contributed by atoms with Crippen LogP contribution in [0.5, 0.6) is 0 Å². The molecule has 0 bridgehead atoms. The summed E-state index contributed by atoms with van der Waals surface area (Å²) in [6.45, 7) is 3.29. The van der Waals surface area contributed by atoms with Crippen molar-refractivity contribution in [2.24, 2.45) is 0 Å². The lowest BCUT2D eigenvalue weighted by atomic mass is 10.2. The van der Waals surface area contributed by atoms with E-state index in [1.807, 2.05) is 9.80 Å². The van der Waals surface area contributed by atoms with Gasteiger partial charge in [-0.05, 0) is 51.9 Å². The second kappa shape index (κ2) is 15.8. The standard InChI is InChI=1S/C18H32N2O8/c21-15(22)5-1-9-19(10-2-6-16(23)24)13-14-20(11-3-7-17(25)26)12-4-8-18(27)28/h1-14H2,(H,21,22)(H,23,24)(H,25,26)(H,27,28). The number of hydrogen-bond acceptors (Lipinski definition) is 6. The van der Waals surface area contributed by atoms with Gasteiger partial charge < -0.3 is 30.2 Å². The molecular weight excluding hydrogens is 372 g/mol. The Bertz CT molecular complexity index is 414. The normalized spacial score (nSPS) is 11.1. The molecule has 0 aliphatic carbocycles. The van der Waals surface area contributed by atoms with Crippen molar-refractivity contribution in [2.75, 3.05) is 39.3 Å². The van der Waals surface area contributed by atoms with Crippen LogP contribution in [0.3, 0.4) is 0 Å². The maximum atomic E-state index is 10.7. The minimum absolute atomic E-state index is 0.0381. The van der Waals surface area contributed by atoms with E-state index >= 15 is 0 Å². The summed E-state index contributed by atoms with van der Waals surface area (Å²) in [4.78, 5) is 46.8. The second-order valence-electron chi connectivity index (χ2n) is 6.67. The van der Waals surface area contributed by atoms with Gasteiger partial charge in [-0.3, -0.25) is 19.2 Å². The molecule has 162 valence electrons. The second-order valence-corrected chi connectivity index (χ2v) is 6.67. The summed E-state index contributed by atoms with van der Waals surface area (Å²) in [5.41, 5.74) is 0. The van der Waals surface area contributed by atoms with Gasteiger partial charge in [0.2, 0.25) is 0 Å². The van der Waals surface area contributed by atoms with E-state index in [2.05, 4.69) is 0 Å². The molecule has 0 aromatic heterocycles. The van der Waals surface area contributed by atoms with Crippen molar-refractivity contribution in [3.63, 3.8) is 0 Å². The van der Waals surface area contributed by atoms with Crippen molar-refractivity contribution in [3.05, 3.63) is 0 Å². The Morgan fingerprint density at radius 3 is 0.821 bits per heavy atom. The molecule has 0 rings (SSSR count). The number of carbonyl (C=O) groups is 4. The molecule has 4 N–H and O–H groups in total. The first-order valence-corrected chi connectivity index (χ1v) is 9.52. The Labute approximate surface area is 164 Å². The number of carboxylic acid groups (broad SMARTS) is 4. The fourth-order valence-electron chi connectivity index (χ4n) is 2.77. The van der Waals surface area contributed by atoms with E-state index in [1.165, 1.54) is 0 Å². The lowest BCUT2D eigenvalue weighted by Gasteiger charge is -2.27. The fourth-order valence-corrected chi connectivity index (χ4v) is 2.77. The average Bonchev–Trinajstić information content (AvgIpc) is 2.57. The third-order valence-electron chi connectivity index (χ3n) is 4.19. The molecule has 0 aliphatic heterocycles. The third kappa shape index (κ3) is 17.2. The Morgan fingerprint density at radius 1 is 0.429 bits per heavy atom. The zero-order valence-electron chi connectivity index (χ0n) is 16.2. The molecule has 0 fully saturated rings. The number of aliphatic carboxylic acids is 4. The van der Waals surface area contributed by atoms with Gasteiger partial charge in [-0.2, -0.15) is 0 Å². The van der Waals surface area contributed by atoms with Gasteiger partial charge in [-0.15, -0.1) is 0 Å². The molecule has 28 heavy (non-hydrogen) atoms. The van der Waals surface area contributed by atoms with Crippen molar-refractivity contribution < 1.29 is 39.6 Å². The van der Waals surface area contributed by atoms with Crippen molar-refractivity contribution in [2.45, 2.75) is 51.4 Å². The summed E-state index contributed by atoms with van der Waals surface area (Å²) >= 11 is 0. The Kier molecular flexibility index (Phi) is 14.6. The predicted octanol–water partition coefficient (Wildman–Crippen LogP) is 1.05. The van der Waals surface area contributed by atoms with Gasteiger partial charge in [0.05, 0.1) is 0 Å². The van der Waals surface area contributed by atoms with E-state index in [9.17, 15) is 19.2 Å². The first kappa shape index (κ1) is 25.8. The van der Waals surface area contributed by atoms with Gasteiger partial charge >= 0.3 is 23.9 Å². The molecule has 0 saturated heterocycles. The minimum atomic E-state index is -0.880. The molecule has 0 heterocycles. The van der Waals surface area contributed by atoms with Crippen molar-refractivity contribution >= 4 is 23.9 Å². The van der Waals surface area contributed by atoms with Crippen LogP contribution in [0.25, 0.3) is 0 Å². The zero-order chi connectivity index (χ0) is 21.4. The summed E-state index contributed by atoms with van der Waals surface area (Å²) in [6, 6.07) is 0. The number of nitrogens with zero attached hydrogens (tertiary/aromatic N) is 2.